The van der Waals surface area contributed by atoms with Crippen molar-refractivity contribution >= 4 is 18.3 Å². The Morgan fingerprint density at radius 2 is 1.22 bits per heavy atom. The second-order valence-corrected chi connectivity index (χ2v) is 12.4. The van der Waals surface area contributed by atoms with Gasteiger partial charge in [0.05, 0.1) is 12.1 Å². The van der Waals surface area contributed by atoms with Crippen LogP contribution in [0.3, 0.4) is 0 Å². The zero-order chi connectivity index (χ0) is 35.0. The standard InChI is InChI=1S/C38H43N5O7/c44-34(33(22-29-13-5-2-6-14-29)42-35(45)48-26-30-15-9-19-39-24-30)23-32(21-28-11-3-1-4-12-28)41-36(46)50-38(17-7-8-18-38)43-37(47)49-27-31-16-10-20-40-25-31/h1-6,9-16,19-20,24-25,32-34,44H,7-8,17-18,21-23,26-27H2,(H,41,46)(H,42,45)(H,43,47). The zero-order valence-corrected chi connectivity index (χ0v) is 27.8. The number of hydrogen-bond acceptors (Lipinski definition) is 9. The SMILES string of the molecule is O=C(NC(Cc1ccccc1)C(O)CC(Cc1ccccc1)NC(=O)OC1(NC(=O)OCc2cccnc2)CCCC1)OCc1cccnc1. The third-order valence-corrected chi connectivity index (χ3v) is 8.45. The van der Waals surface area contributed by atoms with Crippen molar-refractivity contribution in [2.24, 2.45) is 0 Å². The first kappa shape index (κ1) is 35.8. The van der Waals surface area contributed by atoms with E-state index in [2.05, 4.69) is 25.9 Å². The fourth-order valence-corrected chi connectivity index (χ4v) is 5.95. The number of nitrogens with zero attached hydrogens (tertiary/aromatic N) is 2. The van der Waals surface area contributed by atoms with E-state index in [1.54, 1.807) is 49.1 Å². The maximum absolute atomic E-state index is 13.5. The highest BCUT2D eigenvalue weighted by Gasteiger charge is 2.40. The monoisotopic (exact) mass is 681 g/mol. The molecular weight excluding hydrogens is 638 g/mol. The van der Waals surface area contributed by atoms with Crippen LogP contribution in [0.1, 0.15) is 54.4 Å². The van der Waals surface area contributed by atoms with Gasteiger partial charge >= 0.3 is 18.3 Å². The molecule has 0 bridgehead atoms. The third-order valence-electron chi connectivity index (χ3n) is 8.45. The number of carbonyl (C=O) groups is 3. The average Bonchev–Trinajstić information content (AvgIpc) is 3.58. The van der Waals surface area contributed by atoms with Crippen molar-refractivity contribution in [2.45, 2.75) is 82.1 Å². The Bertz CT molecular complexity index is 1620. The highest BCUT2D eigenvalue weighted by Crippen LogP contribution is 2.31. The van der Waals surface area contributed by atoms with Crippen LogP contribution < -0.4 is 16.0 Å². The molecule has 1 fully saturated rings. The quantitative estimate of drug-likeness (QED) is 0.0925. The Morgan fingerprint density at radius 3 is 1.78 bits per heavy atom. The van der Waals surface area contributed by atoms with Gasteiger partial charge in [0.15, 0.2) is 5.72 Å². The number of alkyl carbamates (subject to hydrolysis) is 3. The first-order valence-electron chi connectivity index (χ1n) is 16.8. The van der Waals surface area contributed by atoms with Crippen molar-refractivity contribution in [3.63, 3.8) is 0 Å². The summed E-state index contributed by atoms with van der Waals surface area (Å²) in [7, 11) is 0. The summed E-state index contributed by atoms with van der Waals surface area (Å²) in [6, 6.07) is 24.8. The molecule has 1 saturated carbocycles. The molecule has 2 aromatic heterocycles. The molecule has 4 N–H and O–H groups in total. The number of aromatic nitrogens is 2. The molecule has 2 heterocycles. The summed E-state index contributed by atoms with van der Waals surface area (Å²) in [6.45, 7) is 0.0405. The molecule has 1 aliphatic carbocycles. The number of ether oxygens (including phenoxy) is 3. The number of nitrogens with one attached hydrogen (secondary N) is 3. The highest BCUT2D eigenvalue weighted by molar-refractivity contribution is 5.71. The minimum absolute atomic E-state index is 0.0185. The van der Waals surface area contributed by atoms with Crippen molar-refractivity contribution in [1.29, 1.82) is 0 Å². The molecule has 12 nitrogen and oxygen atoms in total. The smallest absolute Gasteiger partial charge is 0.410 e. The van der Waals surface area contributed by atoms with Gasteiger partial charge in [-0.3, -0.25) is 15.3 Å². The van der Waals surface area contributed by atoms with Crippen LogP contribution >= 0.6 is 0 Å². The van der Waals surface area contributed by atoms with Crippen LogP contribution in [0.25, 0.3) is 0 Å². The van der Waals surface area contributed by atoms with Gasteiger partial charge in [-0.15, -0.1) is 0 Å². The van der Waals surface area contributed by atoms with Gasteiger partial charge < -0.3 is 30.0 Å². The molecule has 3 unspecified atom stereocenters. The van der Waals surface area contributed by atoms with E-state index in [1.807, 2.05) is 60.7 Å². The van der Waals surface area contributed by atoms with Crippen molar-refractivity contribution in [2.75, 3.05) is 0 Å². The fraction of sp³-hybridized carbons (Fsp3) is 0.342. The summed E-state index contributed by atoms with van der Waals surface area (Å²) in [5.74, 6) is 0. The maximum atomic E-state index is 13.5. The van der Waals surface area contributed by atoms with Gasteiger partial charge in [-0.1, -0.05) is 72.8 Å². The molecule has 3 amide bonds. The van der Waals surface area contributed by atoms with Gasteiger partial charge in [-0.2, -0.15) is 0 Å². The van der Waals surface area contributed by atoms with Crippen LogP contribution in [0.5, 0.6) is 0 Å². The van der Waals surface area contributed by atoms with Gasteiger partial charge in [0.25, 0.3) is 0 Å². The molecule has 262 valence electrons. The number of amides is 3. The number of carbonyl (C=O) groups excluding carboxylic acids is 3. The van der Waals surface area contributed by atoms with E-state index in [4.69, 9.17) is 14.2 Å². The molecule has 12 heteroatoms. The molecule has 1 aliphatic rings. The van der Waals surface area contributed by atoms with Gasteiger partial charge in [0.1, 0.15) is 13.2 Å². The number of aliphatic hydroxyl groups excluding tert-OH is 1. The van der Waals surface area contributed by atoms with Crippen molar-refractivity contribution in [3.8, 4) is 0 Å². The van der Waals surface area contributed by atoms with Crippen LogP contribution in [-0.2, 0) is 40.3 Å². The molecule has 0 saturated heterocycles. The lowest BCUT2D eigenvalue weighted by molar-refractivity contribution is -0.0135. The Morgan fingerprint density at radius 1 is 0.680 bits per heavy atom. The van der Waals surface area contributed by atoms with E-state index in [1.165, 1.54) is 0 Å². The predicted octanol–water partition coefficient (Wildman–Crippen LogP) is 5.60. The summed E-state index contributed by atoms with van der Waals surface area (Å²) >= 11 is 0. The van der Waals surface area contributed by atoms with Crippen LogP contribution in [0.4, 0.5) is 14.4 Å². The Kier molecular flexibility index (Phi) is 13.1. The lowest BCUT2D eigenvalue weighted by Gasteiger charge is -2.32. The number of pyridine rings is 2. The minimum Gasteiger partial charge on any atom is -0.445 e. The van der Waals surface area contributed by atoms with Crippen molar-refractivity contribution in [3.05, 3.63) is 132 Å². The third kappa shape index (κ3) is 11.6. The molecule has 0 radical (unpaired) electrons. The second kappa shape index (κ2) is 18.3. The second-order valence-electron chi connectivity index (χ2n) is 12.4. The molecule has 50 heavy (non-hydrogen) atoms. The number of benzene rings is 2. The predicted molar refractivity (Wildman–Crippen MR) is 184 cm³/mol. The van der Waals surface area contributed by atoms with Crippen LogP contribution in [0.2, 0.25) is 0 Å². The number of aliphatic hydroxyl groups is 1. The van der Waals surface area contributed by atoms with Gasteiger partial charge in [-0.25, -0.2) is 14.4 Å². The largest absolute Gasteiger partial charge is 0.445 e. The first-order chi connectivity index (χ1) is 24.4. The van der Waals surface area contributed by atoms with Crippen molar-refractivity contribution in [1.82, 2.24) is 25.9 Å². The Balaban J connectivity index is 1.25. The molecule has 3 atom stereocenters. The van der Waals surface area contributed by atoms with Crippen molar-refractivity contribution < 1.29 is 33.7 Å². The molecular formula is C38H43N5O7. The highest BCUT2D eigenvalue weighted by atomic mass is 16.6. The topological polar surface area (TPSA) is 161 Å². The van der Waals surface area contributed by atoms with E-state index in [0.717, 1.165) is 35.1 Å². The Hall–Kier alpha value is -5.49. The lowest BCUT2D eigenvalue weighted by atomic mass is 9.94. The molecule has 0 aliphatic heterocycles. The summed E-state index contributed by atoms with van der Waals surface area (Å²) in [5.41, 5.74) is 2.05. The van der Waals surface area contributed by atoms with Crippen LogP contribution in [-0.4, -0.2) is 57.3 Å². The maximum Gasteiger partial charge on any atom is 0.410 e. The minimum atomic E-state index is -1.23. The van der Waals surface area contributed by atoms with Crippen LogP contribution in [0.15, 0.2) is 110 Å². The summed E-state index contributed by atoms with van der Waals surface area (Å²) in [4.78, 5) is 47.2. The average molecular weight is 682 g/mol. The van der Waals surface area contributed by atoms with E-state index < -0.39 is 42.2 Å². The van der Waals surface area contributed by atoms with Crippen LogP contribution in [0, 0.1) is 0 Å². The molecule has 5 rings (SSSR count). The van der Waals surface area contributed by atoms with E-state index in [9.17, 15) is 19.5 Å². The summed E-state index contributed by atoms with van der Waals surface area (Å²) in [6.07, 6.45) is 6.41. The van der Waals surface area contributed by atoms with E-state index >= 15 is 0 Å². The fourth-order valence-electron chi connectivity index (χ4n) is 5.95. The molecule has 0 spiro atoms. The number of rotatable bonds is 15. The lowest BCUT2D eigenvalue weighted by Crippen LogP contribution is -2.53. The zero-order valence-electron chi connectivity index (χ0n) is 27.8. The summed E-state index contributed by atoms with van der Waals surface area (Å²) < 4.78 is 16.7. The van der Waals surface area contributed by atoms with Gasteiger partial charge in [0, 0.05) is 54.8 Å². The van der Waals surface area contributed by atoms with Gasteiger partial charge in [-0.05, 0) is 55.4 Å². The normalized spacial score (nSPS) is 15.1. The Labute approximate surface area is 291 Å². The number of hydrogen-bond donors (Lipinski definition) is 4. The van der Waals surface area contributed by atoms with Gasteiger partial charge in [0.2, 0.25) is 0 Å². The first-order valence-corrected chi connectivity index (χ1v) is 16.8. The summed E-state index contributed by atoms with van der Waals surface area (Å²) in [5, 5.41) is 20.1. The van der Waals surface area contributed by atoms with E-state index in [-0.39, 0.29) is 19.6 Å². The molecule has 4 aromatic rings. The van der Waals surface area contributed by atoms with E-state index in [0.29, 0.717) is 25.7 Å². The molecule has 2 aromatic carbocycles.